The second-order valence-corrected chi connectivity index (χ2v) is 5.24. The molecule has 0 atom stereocenters. The van der Waals surface area contributed by atoms with Gasteiger partial charge in [-0.2, -0.15) is 0 Å². The van der Waals surface area contributed by atoms with Gasteiger partial charge in [-0.25, -0.2) is 0 Å². The number of aryl methyl sites for hydroxylation is 3. The van der Waals surface area contributed by atoms with Gasteiger partial charge in [-0.3, -0.25) is 4.79 Å². The van der Waals surface area contributed by atoms with Gasteiger partial charge >= 0.3 is 0 Å². The van der Waals surface area contributed by atoms with Crippen LogP contribution < -0.4 is 0 Å². The molecule has 0 spiro atoms. The summed E-state index contributed by atoms with van der Waals surface area (Å²) in [7, 11) is 0. The Balaban J connectivity index is 2.15. The van der Waals surface area contributed by atoms with Crippen LogP contribution in [0.5, 0.6) is 0 Å². The molecular weight excluding hydrogens is 264 g/mol. The van der Waals surface area contributed by atoms with E-state index in [1.54, 1.807) is 5.37 Å². The van der Waals surface area contributed by atoms with Crippen LogP contribution in [0.15, 0.2) is 42.5 Å². The highest BCUT2D eigenvalue weighted by molar-refractivity contribution is 7.79. The standard InChI is InChI=1S/C18H18OS/c1-13-6-5-7-14(2)18(13)17(19)11-10-15-8-3-4-9-16(15)12-20/h3-9,12H,10-11H2,1-2H3. The monoisotopic (exact) mass is 282 g/mol. The molecule has 0 saturated heterocycles. The summed E-state index contributed by atoms with van der Waals surface area (Å²) < 4.78 is 0. The van der Waals surface area contributed by atoms with Gasteiger partial charge in [-0.1, -0.05) is 54.7 Å². The number of hydrogen-bond acceptors (Lipinski definition) is 2. The van der Waals surface area contributed by atoms with Crippen LogP contribution in [0, 0.1) is 13.8 Å². The fraction of sp³-hybridized carbons (Fsp3) is 0.222. The third-order valence-electron chi connectivity index (χ3n) is 3.56. The summed E-state index contributed by atoms with van der Waals surface area (Å²) in [4.78, 5) is 12.4. The summed E-state index contributed by atoms with van der Waals surface area (Å²) in [5.41, 5.74) is 5.16. The largest absolute Gasteiger partial charge is 0.294 e. The maximum atomic E-state index is 12.4. The predicted octanol–water partition coefficient (Wildman–Crippen LogP) is 4.47. The quantitative estimate of drug-likeness (QED) is 0.594. The molecule has 0 heterocycles. The Morgan fingerprint density at radius 1 is 1.05 bits per heavy atom. The Hall–Kier alpha value is -1.80. The van der Waals surface area contributed by atoms with Gasteiger partial charge in [0.15, 0.2) is 5.78 Å². The molecule has 0 saturated carbocycles. The maximum Gasteiger partial charge on any atom is 0.163 e. The Labute approximate surface area is 125 Å². The van der Waals surface area contributed by atoms with Crippen molar-refractivity contribution in [3.8, 4) is 0 Å². The average Bonchev–Trinajstić information content (AvgIpc) is 2.45. The fourth-order valence-electron chi connectivity index (χ4n) is 2.50. The van der Waals surface area contributed by atoms with Gasteiger partial charge in [0.05, 0.1) is 0 Å². The molecule has 0 aliphatic rings. The summed E-state index contributed by atoms with van der Waals surface area (Å²) in [6.45, 7) is 3.98. The lowest BCUT2D eigenvalue weighted by Gasteiger charge is -2.09. The third kappa shape index (κ3) is 3.20. The highest BCUT2D eigenvalue weighted by Crippen LogP contribution is 2.17. The van der Waals surface area contributed by atoms with Crippen LogP contribution in [-0.2, 0) is 6.42 Å². The molecule has 0 amide bonds. The zero-order valence-corrected chi connectivity index (χ0v) is 12.7. The number of hydrogen-bond donors (Lipinski definition) is 0. The number of ketones is 1. The van der Waals surface area contributed by atoms with Crippen molar-refractivity contribution < 1.29 is 4.79 Å². The molecule has 20 heavy (non-hydrogen) atoms. The number of Topliss-reactive ketones (excluding diaryl/α,β-unsaturated/α-hetero) is 1. The zero-order chi connectivity index (χ0) is 14.5. The van der Waals surface area contributed by atoms with Gasteiger partial charge in [0.2, 0.25) is 0 Å². The molecule has 2 heteroatoms. The van der Waals surface area contributed by atoms with Crippen LogP contribution in [0.3, 0.4) is 0 Å². The second kappa shape index (κ2) is 6.58. The van der Waals surface area contributed by atoms with E-state index in [0.717, 1.165) is 34.2 Å². The highest BCUT2D eigenvalue weighted by Gasteiger charge is 2.12. The summed E-state index contributed by atoms with van der Waals surface area (Å²) in [6, 6.07) is 14.0. The zero-order valence-electron chi connectivity index (χ0n) is 11.8. The van der Waals surface area contributed by atoms with Crippen molar-refractivity contribution in [2.45, 2.75) is 26.7 Å². The van der Waals surface area contributed by atoms with Gasteiger partial charge in [-0.15, -0.1) is 0 Å². The van der Waals surface area contributed by atoms with Crippen molar-refractivity contribution in [2.24, 2.45) is 0 Å². The molecule has 0 aliphatic carbocycles. The van der Waals surface area contributed by atoms with Crippen LogP contribution in [0.4, 0.5) is 0 Å². The van der Waals surface area contributed by atoms with E-state index in [9.17, 15) is 4.79 Å². The first-order chi connectivity index (χ1) is 9.63. The summed E-state index contributed by atoms with van der Waals surface area (Å²) in [6.07, 6.45) is 1.25. The van der Waals surface area contributed by atoms with E-state index in [0.29, 0.717) is 6.42 Å². The fourth-order valence-corrected chi connectivity index (χ4v) is 2.73. The Morgan fingerprint density at radius 3 is 2.35 bits per heavy atom. The molecule has 1 nitrogen and oxygen atoms in total. The van der Waals surface area contributed by atoms with Gasteiger partial charge < -0.3 is 0 Å². The minimum absolute atomic E-state index is 0.208. The molecule has 0 N–H and O–H groups in total. The number of carbonyl (C=O) groups is 1. The van der Waals surface area contributed by atoms with Crippen molar-refractivity contribution in [2.75, 3.05) is 0 Å². The lowest BCUT2D eigenvalue weighted by molar-refractivity contribution is 0.0981. The molecule has 0 bridgehead atoms. The number of thiocarbonyl (C=S) groups is 1. The molecule has 0 unspecified atom stereocenters. The summed E-state index contributed by atoms with van der Waals surface area (Å²) in [5.74, 6) is 0.208. The van der Waals surface area contributed by atoms with E-state index >= 15 is 0 Å². The van der Waals surface area contributed by atoms with E-state index in [4.69, 9.17) is 12.2 Å². The Kier molecular flexibility index (Phi) is 4.80. The van der Waals surface area contributed by atoms with E-state index in [2.05, 4.69) is 0 Å². The van der Waals surface area contributed by atoms with E-state index in [1.807, 2.05) is 56.3 Å². The van der Waals surface area contributed by atoms with Gasteiger partial charge in [0.1, 0.15) is 0 Å². The van der Waals surface area contributed by atoms with Crippen molar-refractivity contribution in [3.63, 3.8) is 0 Å². The van der Waals surface area contributed by atoms with Crippen LogP contribution in [0.2, 0.25) is 0 Å². The SMILES string of the molecule is Cc1cccc(C)c1C(=O)CCc1ccccc1C=S. The van der Waals surface area contributed by atoms with E-state index < -0.39 is 0 Å². The smallest absolute Gasteiger partial charge is 0.163 e. The van der Waals surface area contributed by atoms with Gasteiger partial charge in [0, 0.05) is 17.4 Å². The molecular formula is C18H18OS. The first-order valence-corrected chi connectivity index (χ1v) is 7.23. The predicted molar refractivity (Wildman–Crippen MR) is 87.8 cm³/mol. The average molecular weight is 282 g/mol. The lowest BCUT2D eigenvalue weighted by Crippen LogP contribution is -2.06. The van der Waals surface area contributed by atoms with Crippen LogP contribution in [-0.4, -0.2) is 11.2 Å². The molecule has 0 fully saturated rings. The normalized spacial score (nSPS) is 10.3. The van der Waals surface area contributed by atoms with E-state index in [1.165, 1.54) is 0 Å². The Morgan fingerprint density at radius 2 is 1.70 bits per heavy atom. The summed E-state index contributed by atoms with van der Waals surface area (Å²) in [5, 5.41) is 1.68. The molecule has 102 valence electrons. The molecule has 0 radical (unpaired) electrons. The number of benzene rings is 2. The minimum atomic E-state index is 0.208. The lowest BCUT2D eigenvalue weighted by atomic mass is 9.94. The van der Waals surface area contributed by atoms with Crippen LogP contribution in [0.25, 0.3) is 0 Å². The first-order valence-electron chi connectivity index (χ1n) is 6.76. The molecule has 2 rings (SSSR count). The van der Waals surface area contributed by atoms with E-state index in [-0.39, 0.29) is 5.78 Å². The molecule has 2 aromatic carbocycles. The van der Waals surface area contributed by atoms with Gasteiger partial charge in [-0.05, 0) is 42.5 Å². The summed E-state index contributed by atoms with van der Waals surface area (Å²) >= 11 is 5.01. The topological polar surface area (TPSA) is 17.1 Å². The highest BCUT2D eigenvalue weighted by atomic mass is 32.1. The number of carbonyl (C=O) groups excluding carboxylic acids is 1. The molecule has 0 aliphatic heterocycles. The third-order valence-corrected chi connectivity index (χ3v) is 3.82. The first kappa shape index (κ1) is 14.6. The van der Waals surface area contributed by atoms with Crippen LogP contribution in [0.1, 0.15) is 39.0 Å². The van der Waals surface area contributed by atoms with Crippen LogP contribution >= 0.6 is 12.2 Å². The second-order valence-electron chi connectivity index (χ2n) is 5.01. The van der Waals surface area contributed by atoms with Crippen molar-refractivity contribution in [1.82, 2.24) is 0 Å². The molecule has 2 aromatic rings. The van der Waals surface area contributed by atoms with Crippen molar-refractivity contribution in [3.05, 3.63) is 70.3 Å². The maximum absolute atomic E-state index is 12.4. The Bertz CT molecular complexity index is 623. The number of rotatable bonds is 5. The van der Waals surface area contributed by atoms with Gasteiger partial charge in [0.25, 0.3) is 0 Å². The minimum Gasteiger partial charge on any atom is -0.294 e. The van der Waals surface area contributed by atoms with Crippen molar-refractivity contribution in [1.29, 1.82) is 0 Å². The van der Waals surface area contributed by atoms with Crippen molar-refractivity contribution >= 4 is 23.4 Å². The molecule has 0 aromatic heterocycles.